The van der Waals surface area contributed by atoms with E-state index < -0.39 is 0 Å². The number of rotatable bonds is 8. The van der Waals surface area contributed by atoms with Crippen molar-refractivity contribution in [2.24, 2.45) is 0 Å². The maximum Gasteiger partial charge on any atom is 0.203 e. The highest BCUT2D eigenvalue weighted by Gasteiger charge is 2.14. The predicted molar refractivity (Wildman–Crippen MR) is 112 cm³/mol. The molecule has 1 N–H and O–H groups in total. The molecule has 0 bridgehead atoms. The highest BCUT2D eigenvalue weighted by atomic mass is 16.5. The topological polar surface area (TPSA) is 65.0 Å². The summed E-state index contributed by atoms with van der Waals surface area (Å²) < 4.78 is 16.9. The molecule has 0 radical (unpaired) electrons. The quantitative estimate of drug-likeness (QED) is 0.438. The van der Waals surface area contributed by atoms with Crippen molar-refractivity contribution in [3.05, 3.63) is 89.5 Å². The van der Waals surface area contributed by atoms with Crippen molar-refractivity contribution in [3.8, 4) is 23.0 Å². The summed E-state index contributed by atoms with van der Waals surface area (Å²) in [6, 6.07) is 19.5. The molecule has 0 amide bonds. The van der Waals surface area contributed by atoms with Gasteiger partial charge >= 0.3 is 0 Å². The summed E-state index contributed by atoms with van der Waals surface area (Å²) in [6.07, 6.45) is 3.15. The number of benzene rings is 3. The van der Waals surface area contributed by atoms with Crippen molar-refractivity contribution in [2.45, 2.75) is 6.61 Å². The number of phenolic OH excluding ortho intramolecular Hbond substituents is 1. The van der Waals surface area contributed by atoms with E-state index in [9.17, 15) is 9.90 Å². The Kier molecular flexibility index (Phi) is 6.53. The van der Waals surface area contributed by atoms with Gasteiger partial charge < -0.3 is 19.3 Å². The SMILES string of the molecule is COc1cc(/C=C/C(=O)c2ccc(O)cc2)cc(OC)c1OCc1ccccc1. The fraction of sp³-hybridized carbons (Fsp3) is 0.125. The zero-order chi connectivity index (χ0) is 20.6. The lowest BCUT2D eigenvalue weighted by Gasteiger charge is -2.15. The molecule has 0 unspecified atom stereocenters. The third-order valence-electron chi connectivity index (χ3n) is 4.29. The maximum absolute atomic E-state index is 12.3. The van der Waals surface area contributed by atoms with Crippen LogP contribution in [0.3, 0.4) is 0 Å². The molecule has 3 aromatic rings. The number of allylic oxidation sites excluding steroid dienone is 1. The van der Waals surface area contributed by atoms with Crippen LogP contribution in [-0.4, -0.2) is 25.1 Å². The van der Waals surface area contributed by atoms with Crippen LogP contribution in [0, 0.1) is 0 Å². The van der Waals surface area contributed by atoms with E-state index in [1.807, 2.05) is 30.3 Å². The summed E-state index contributed by atoms with van der Waals surface area (Å²) in [5.74, 6) is 1.47. The van der Waals surface area contributed by atoms with E-state index in [-0.39, 0.29) is 11.5 Å². The number of hydrogen-bond acceptors (Lipinski definition) is 5. The predicted octanol–water partition coefficient (Wildman–Crippen LogP) is 4.88. The fourth-order valence-electron chi connectivity index (χ4n) is 2.76. The van der Waals surface area contributed by atoms with Gasteiger partial charge in [-0.25, -0.2) is 0 Å². The van der Waals surface area contributed by atoms with Crippen LogP contribution in [0.2, 0.25) is 0 Å². The first kappa shape index (κ1) is 20.0. The molecule has 0 saturated heterocycles. The zero-order valence-electron chi connectivity index (χ0n) is 16.3. The van der Waals surface area contributed by atoms with Crippen LogP contribution in [0.4, 0.5) is 0 Å². The Morgan fingerprint density at radius 1 is 0.931 bits per heavy atom. The largest absolute Gasteiger partial charge is 0.508 e. The van der Waals surface area contributed by atoms with E-state index in [0.717, 1.165) is 11.1 Å². The Balaban J connectivity index is 1.81. The highest BCUT2D eigenvalue weighted by Crippen LogP contribution is 2.39. The summed E-state index contributed by atoms with van der Waals surface area (Å²) in [4.78, 5) is 12.3. The molecule has 0 aliphatic rings. The Labute approximate surface area is 169 Å². The van der Waals surface area contributed by atoms with Crippen molar-refractivity contribution in [3.63, 3.8) is 0 Å². The first-order chi connectivity index (χ1) is 14.1. The lowest BCUT2D eigenvalue weighted by atomic mass is 10.1. The van der Waals surface area contributed by atoms with Crippen LogP contribution in [0.15, 0.2) is 72.8 Å². The van der Waals surface area contributed by atoms with Gasteiger partial charge in [0.15, 0.2) is 17.3 Å². The van der Waals surface area contributed by atoms with Crippen LogP contribution in [0.5, 0.6) is 23.0 Å². The average Bonchev–Trinajstić information content (AvgIpc) is 2.76. The molecule has 0 atom stereocenters. The third kappa shape index (κ3) is 5.17. The minimum atomic E-state index is -0.174. The molecule has 0 aliphatic carbocycles. The van der Waals surface area contributed by atoms with Crippen LogP contribution < -0.4 is 14.2 Å². The van der Waals surface area contributed by atoms with E-state index in [4.69, 9.17) is 14.2 Å². The summed E-state index contributed by atoms with van der Waals surface area (Å²) in [5, 5.41) is 9.34. The number of carbonyl (C=O) groups excluding carboxylic acids is 1. The molecular weight excluding hydrogens is 368 g/mol. The van der Waals surface area contributed by atoms with Gasteiger partial charge in [0.1, 0.15) is 12.4 Å². The first-order valence-electron chi connectivity index (χ1n) is 9.05. The lowest BCUT2D eigenvalue weighted by Crippen LogP contribution is -2.00. The third-order valence-corrected chi connectivity index (χ3v) is 4.29. The van der Waals surface area contributed by atoms with E-state index in [2.05, 4.69) is 0 Å². The number of ether oxygens (including phenoxy) is 3. The molecule has 0 aromatic heterocycles. The number of aromatic hydroxyl groups is 1. The number of methoxy groups -OCH3 is 2. The smallest absolute Gasteiger partial charge is 0.203 e. The second-order valence-electron chi connectivity index (χ2n) is 6.27. The zero-order valence-corrected chi connectivity index (χ0v) is 16.3. The molecule has 0 aliphatic heterocycles. The van der Waals surface area contributed by atoms with Crippen molar-refractivity contribution in [1.29, 1.82) is 0 Å². The molecule has 0 spiro atoms. The van der Waals surface area contributed by atoms with E-state index in [1.54, 1.807) is 44.6 Å². The molecule has 5 nitrogen and oxygen atoms in total. The molecule has 3 aromatic carbocycles. The Hall–Kier alpha value is -3.73. The van der Waals surface area contributed by atoms with Gasteiger partial charge in [-0.1, -0.05) is 36.4 Å². The second kappa shape index (κ2) is 9.46. The molecule has 5 heteroatoms. The van der Waals surface area contributed by atoms with Gasteiger partial charge in [-0.05, 0) is 53.6 Å². The molecule has 0 fully saturated rings. The molecule has 29 heavy (non-hydrogen) atoms. The summed E-state index contributed by atoms with van der Waals surface area (Å²) >= 11 is 0. The fourth-order valence-corrected chi connectivity index (χ4v) is 2.76. The minimum absolute atomic E-state index is 0.117. The summed E-state index contributed by atoms with van der Waals surface area (Å²) in [5.41, 5.74) is 2.25. The van der Waals surface area contributed by atoms with Crippen molar-refractivity contribution in [2.75, 3.05) is 14.2 Å². The minimum Gasteiger partial charge on any atom is -0.508 e. The van der Waals surface area contributed by atoms with Crippen LogP contribution in [-0.2, 0) is 6.61 Å². The van der Waals surface area contributed by atoms with Crippen LogP contribution in [0.25, 0.3) is 6.08 Å². The number of carbonyl (C=O) groups is 1. The normalized spacial score (nSPS) is 10.7. The van der Waals surface area contributed by atoms with Gasteiger partial charge in [-0.3, -0.25) is 4.79 Å². The van der Waals surface area contributed by atoms with Crippen LogP contribution in [0.1, 0.15) is 21.5 Å². The first-order valence-corrected chi connectivity index (χ1v) is 9.05. The highest BCUT2D eigenvalue weighted by molar-refractivity contribution is 6.06. The van der Waals surface area contributed by atoms with Gasteiger partial charge in [0.05, 0.1) is 14.2 Å². The van der Waals surface area contributed by atoms with Gasteiger partial charge in [-0.15, -0.1) is 0 Å². The van der Waals surface area contributed by atoms with Crippen molar-refractivity contribution in [1.82, 2.24) is 0 Å². The van der Waals surface area contributed by atoms with E-state index >= 15 is 0 Å². The molecular formula is C24H22O5. The standard InChI is InChI=1S/C24H22O5/c1-27-22-14-18(8-13-21(26)19-9-11-20(25)12-10-19)15-23(28-2)24(22)29-16-17-6-4-3-5-7-17/h3-15,25H,16H2,1-2H3/b13-8+. The molecule has 3 rings (SSSR count). The van der Waals surface area contributed by atoms with Crippen LogP contribution >= 0.6 is 0 Å². The number of ketones is 1. The van der Waals surface area contributed by atoms with Gasteiger partial charge in [0.25, 0.3) is 0 Å². The molecule has 148 valence electrons. The lowest BCUT2D eigenvalue weighted by molar-refractivity contribution is 0.104. The van der Waals surface area contributed by atoms with E-state index in [1.165, 1.54) is 18.2 Å². The van der Waals surface area contributed by atoms with Crippen molar-refractivity contribution < 1.29 is 24.1 Å². The van der Waals surface area contributed by atoms with Gasteiger partial charge in [-0.2, -0.15) is 0 Å². The summed E-state index contributed by atoms with van der Waals surface area (Å²) in [7, 11) is 3.11. The Bertz CT molecular complexity index is 967. The molecule has 0 heterocycles. The maximum atomic E-state index is 12.3. The molecule has 0 saturated carbocycles. The Morgan fingerprint density at radius 2 is 1.55 bits per heavy atom. The summed E-state index contributed by atoms with van der Waals surface area (Å²) in [6.45, 7) is 0.377. The second-order valence-corrected chi connectivity index (χ2v) is 6.27. The van der Waals surface area contributed by atoms with Gasteiger partial charge in [0, 0.05) is 5.56 Å². The van der Waals surface area contributed by atoms with E-state index in [0.29, 0.717) is 29.4 Å². The van der Waals surface area contributed by atoms with Crippen molar-refractivity contribution >= 4 is 11.9 Å². The number of hydrogen-bond donors (Lipinski definition) is 1. The van der Waals surface area contributed by atoms with Gasteiger partial charge in [0.2, 0.25) is 5.75 Å². The number of phenols is 1. The monoisotopic (exact) mass is 390 g/mol. The average molecular weight is 390 g/mol. The Morgan fingerprint density at radius 3 is 2.14 bits per heavy atom.